The van der Waals surface area contributed by atoms with Gasteiger partial charge in [0.2, 0.25) is 5.91 Å². The van der Waals surface area contributed by atoms with Crippen LogP contribution in [0.15, 0.2) is 48.5 Å². The number of hydrogen-bond donors (Lipinski definition) is 3. The molecular formula is C31H41N5O3. The summed E-state index contributed by atoms with van der Waals surface area (Å²) in [6.07, 6.45) is 5.76. The highest BCUT2D eigenvalue weighted by Crippen LogP contribution is 2.34. The van der Waals surface area contributed by atoms with E-state index >= 15 is 0 Å². The average molecular weight is 532 g/mol. The summed E-state index contributed by atoms with van der Waals surface area (Å²) >= 11 is 0. The fourth-order valence-corrected chi connectivity index (χ4v) is 6.24. The van der Waals surface area contributed by atoms with Gasteiger partial charge in [0.25, 0.3) is 5.91 Å². The minimum absolute atomic E-state index is 0.0254. The van der Waals surface area contributed by atoms with Gasteiger partial charge in [-0.2, -0.15) is 0 Å². The van der Waals surface area contributed by atoms with Gasteiger partial charge in [0.05, 0.1) is 25.1 Å². The van der Waals surface area contributed by atoms with E-state index in [1.165, 1.54) is 12.8 Å². The van der Waals surface area contributed by atoms with Gasteiger partial charge >= 0.3 is 0 Å². The Bertz CT molecular complexity index is 1180. The van der Waals surface area contributed by atoms with E-state index in [1.54, 1.807) is 4.90 Å². The van der Waals surface area contributed by atoms with Crippen LogP contribution in [-0.2, 0) is 4.79 Å². The first kappa shape index (κ1) is 27.2. The Hall–Kier alpha value is -3.39. The highest BCUT2D eigenvalue weighted by molar-refractivity contribution is 6.00. The molecule has 3 heterocycles. The average Bonchev–Trinajstić information content (AvgIpc) is 3.48. The molecule has 5 rings (SSSR count). The highest BCUT2D eigenvalue weighted by Gasteiger charge is 2.42. The minimum atomic E-state index is -0.369. The van der Waals surface area contributed by atoms with Gasteiger partial charge in [-0.25, -0.2) is 0 Å². The maximum Gasteiger partial charge on any atom is 0.251 e. The largest absolute Gasteiger partial charge is 0.493 e. The van der Waals surface area contributed by atoms with E-state index in [2.05, 4.69) is 29.4 Å². The van der Waals surface area contributed by atoms with E-state index in [-0.39, 0.29) is 35.4 Å². The first-order chi connectivity index (χ1) is 18.9. The minimum Gasteiger partial charge on any atom is -0.493 e. The zero-order valence-corrected chi connectivity index (χ0v) is 23.2. The van der Waals surface area contributed by atoms with Gasteiger partial charge in [-0.05, 0) is 69.0 Å². The number of hydrogen-bond acceptors (Lipinski definition) is 5. The second-order valence-corrected chi connectivity index (χ2v) is 11.1. The number of para-hydroxylation sites is 1. The van der Waals surface area contributed by atoms with Crippen molar-refractivity contribution in [1.82, 2.24) is 20.4 Å². The number of benzene rings is 2. The molecule has 2 fully saturated rings. The lowest BCUT2D eigenvalue weighted by molar-refractivity contribution is -0.133. The zero-order valence-electron chi connectivity index (χ0n) is 23.2. The van der Waals surface area contributed by atoms with Crippen molar-refractivity contribution < 1.29 is 14.3 Å². The number of guanidine groups is 1. The van der Waals surface area contributed by atoms with Crippen LogP contribution in [0.1, 0.15) is 92.4 Å². The van der Waals surface area contributed by atoms with E-state index < -0.39 is 0 Å². The summed E-state index contributed by atoms with van der Waals surface area (Å²) in [6, 6.07) is 15.0. The van der Waals surface area contributed by atoms with Crippen molar-refractivity contribution in [1.29, 1.82) is 5.41 Å². The molecule has 2 atom stereocenters. The Labute approximate surface area is 231 Å². The smallest absolute Gasteiger partial charge is 0.251 e. The molecule has 3 N–H and O–H groups in total. The molecule has 3 aliphatic heterocycles. The molecule has 2 saturated heterocycles. The molecule has 2 amide bonds. The van der Waals surface area contributed by atoms with Crippen LogP contribution < -0.4 is 15.4 Å². The molecule has 2 aromatic rings. The Morgan fingerprint density at radius 3 is 2.67 bits per heavy atom. The molecular weight excluding hydrogens is 490 g/mol. The normalized spacial score (nSPS) is 21.6. The van der Waals surface area contributed by atoms with Crippen molar-refractivity contribution in [2.45, 2.75) is 76.4 Å². The number of nitrogens with one attached hydrogen (secondary N) is 3. The molecule has 2 aromatic carbocycles. The molecule has 39 heavy (non-hydrogen) atoms. The number of carbonyl (C=O) groups excluding carboxylic acids is 2. The van der Waals surface area contributed by atoms with Crippen molar-refractivity contribution in [2.75, 3.05) is 26.2 Å². The Morgan fingerprint density at radius 1 is 1.15 bits per heavy atom. The summed E-state index contributed by atoms with van der Waals surface area (Å²) in [6.45, 7) is 7.68. The molecule has 208 valence electrons. The summed E-state index contributed by atoms with van der Waals surface area (Å²) < 4.78 is 5.76. The molecule has 0 saturated carbocycles. The van der Waals surface area contributed by atoms with Crippen molar-refractivity contribution >= 4 is 17.8 Å². The second-order valence-electron chi connectivity index (χ2n) is 11.1. The van der Waals surface area contributed by atoms with E-state index in [0.717, 1.165) is 49.4 Å². The summed E-state index contributed by atoms with van der Waals surface area (Å²) in [5.74, 6) is 0.804. The number of nitrogens with zero attached hydrogens (tertiary/aromatic N) is 2. The van der Waals surface area contributed by atoms with Crippen LogP contribution in [0, 0.1) is 5.41 Å². The molecule has 0 aromatic heterocycles. The first-order valence-corrected chi connectivity index (χ1v) is 14.5. The van der Waals surface area contributed by atoms with Crippen LogP contribution in [0.25, 0.3) is 0 Å². The standard InChI is InChI=1S/C31H41N5O3/c1-3-31(4-2)21-28(37)36(30(32)34-31)26(14-18-35-16-7-8-17-35)22-10-9-11-23(20-22)29(38)33-25-15-19-39-27-13-6-5-12-24(25)27/h5-6,9-13,20,25-26H,3-4,7-8,14-19,21H2,1-2H3,(H2,32,34)(H,33,38)/t25-,26+/m0/s1. The monoisotopic (exact) mass is 531 g/mol. The van der Waals surface area contributed by atoms with Crippen molar-refractivity contribution in [2.24, 2.45) is 0 Å². The summed E-state index contributed by atoms with van der Waals surface area (Å²) in [5.41, 5.74) is 2.06. The zero-order chi connectivity index (χ0) is 27.4. The number of likely N-dealkylation sites (tertiary alicyclic amines) is 1. The molecule has 3 aliphatic rings. The van der Waals surface area contributed by atoms with Gasteiger partial charge in [0.1, 0.15) is 5.75 Å². The maximum absolute atomic E-state index is 13.6. The second kappa shape index (κ2) is 11.8. The van der Waals surface area contributed by atoms with Crippen LogP contribution in [0.4, 0.5) is 0 Å². The highest BCUT2D eigenvalue weighted by atomic mass is 16.5. The third kappa shape index (κ3) is 5.81. The molecule has 0 aliphatic carbocycles. The topological polar surface area (TPSA) is 97.8 Å². The van der Waals surface area contributed by atoms with E-state index in [1.807, 2.05) is 48.5 Å². The van der Waals surface area contributed by atoms with Crippen molar-refractivity contribution in [3.05, 3.63) is 65.2 Å². The lowest BCUT2D eigenvalue weighted by Crippen LogP contribution is -2.62. The maximum atomic E-state index is 13.6. The van der Waals surface area contributed by atoms with Crippen LogP contribution in [0.2, 0.25) is 0 Å². The first-order valence-electron chi connectivity index (χ1n) is 14.5. The van der Waals surface area contributed by atoms with Gasteiger partial charge in [0, 0.05) is 29.6 Å². The summed E-state index contributed by atoms with van der Waals surface area (Å²) in [5, 5.41) is 15.4. The number of amides is 2. The molecule has 0 spiro atoms. The van der Waals surface area contributed by atoms with Gasteiger partial charge in [-0.1, -0.05) is 44.2 Å². The van der Waals surface area contributed by atoms with Gasteiger partial charge in [-0.15, -0.1) is 0 Å². The fraction of sp³-hybridized carbons (Fsp3) is 0.516. The number of fused-ring (bicyclic) bond motifs is 1. The quantitative estimate of drug-likeness (QED) is 0.433. The summed E-state index contributed by atoms with van der Waals surface area (Å²) in [4.78, 5) is 31.1. The molecule has 0 unspecified atom stereocenters. The van der Waals surface area contributed by atoms with Gasteiger partial charge < -0.3 is 20.3 Å². The number of rotatable bonds is 9. The third-order valence-corrected chi connectivity index (χ3v) is 8.76. The Balaban J connectivity index is 1.39. The lowest BCUT2D eigenvalue weighted by atomic mass is 9.86. The fourth-order valence-electron chi connectivity index (χ4n) is 6.24. The van der Waals surface area contributed by atoms with E-state index in [9.17, 15) is 9.59 Å². The SMILES string of the molecule is CCC1(CC)CC(=O)N([C@H](CCN2CCCC2)c2cccc(C(=O)N[C@H]3CCOc4ccccc43)c2)C(=N)N1. The predicted octanol–water partition coefficient (Wildman–Crippen LogP) is 4.78. The van der Waals surface area contributed by atoms with Crippen molar-refractivity contribution in [3.8, 4) is 5.75 Å². The van der Waals surface area contributed by atoms with E-state index in [0.29, 0.717) is 31.4 Å². The predicted molar refractivity (Wildman–Crippen MR) is 152 cm³/mol. The molecule has 8 nitrogen and oxygen atoms in total. The van der Waals surface area contributed by atoms with Crippen LogP contribution in [0.5, 0.6) is 5.75 Å². The van der Waals surface area contributed by atoms with Crippen LogP contribution in [0.3, 0.4) is 0 Å². The van der Waals surface area contributed by atoms with E-state index in [4.69, 9.17) is 10.1 Å². The molecule has 0 bridgehead atoms. The molecule has 8 heteroatoms. The third-order valence-electron chi connectivity index (χ3n) is 8.76. The van der Waals surface area contributed by atoms with Crippen molar-refractivity contribution in [3.63, 3.8) is 0 Å². The van der Waals surface area contributed by atoms with Crippen LogP contribution >= 0.6 is 0 Å². The lowest BCUT2D eigenvalue weighted by Gasteiger charge is -2.45. The Morgan fingerprint density at radius 2 is 1.92 bits per heavy atom. The Kier molecular flexibility index (Phi) is 8.21. The van der Waals surface area contributed by atoms with Gasteiger partial charge in [0.15, 0.2) is 5.96 Å². The number of carbonyl (C=O) groups is 2. The van der Waals surface area contributed by atoms with Crippen LogP contribution in [-0.4, -0.2) is 59.4 Å². The number of ether oxygens (including phenoxy) is 1. The molecule has 0 radical (unpaired) electrons. The summed E-state index contributed by atoms with van der Waals surface area (Å²) in [7, 11) is 0. The van der Waals surface area contributed by atoms with Gasteiger partial charge in [-0.3, -0.25) is 19.9 Å².